The molecule has 25 heavy (non-hydrogen) atoms. The minimum Gasteiger partial charge on any atom is -0.356 e. The number of para-hydroxylation sites is 2. The quantitative estimate of drug-likeness (QED) is 0.926. The van der Waals surface area contributed by atoms with E-state index in [2.05, 4.69) is 15.3 Å². The van der Waals surface area contributed by atoms with Gasteiger partial charge in [-0.3, -0.25) is 14.6 Å². The van der Waals surface area contributed by atoms with E-state index in [-0.39, 0.29) is 23.7 Å². The molecule has 1 aromatic heterocycles. The maximum Gasteiger partial charge on any atom is 0.274 e. The Morgan fingerprint density at radius 1 is 1.28 bits per heavy atom. The van der Waals surface area contributed by atoms with Gasteiger partial charge in [0.15, 0.2) is 0 Å². The van der Waals surface area contributed by atoms with Crippen LogP contribution in [0.15, 0.2) is 30.5 Å². The molecule has 1 atom stereocenters. The molecular formula is C19H24N4O2. The first-order valence-electron chi connectivity index (χ1n) is 8.83. The summed E-state index contributed by atoms with van der Waals surface area (Å²) in [7, 11) is 0. The summed E-state index contributed by atoms with van der Waals surface area (Å²) in [6, 6.07) is 7.53. The molecular weight excluding hydrogens is 316 g/mol. The lowest BCUT2D eigenvalue weighted by molar-refractivity contribution is -0.124. The van der Waals surface area contributed by atoms with E-state index in [1.165, 1.54) is 0 Å². The zero-order valence-electron chi connectivity index (χ0n) is 14.7. The molecule has 1 aliphatic heterocycles. The van der Waals surface area contributed by atoms with Gasteiger partial charge in [0.25, 0.3) is 5.91 Å². The average Bonchev–Trinajstić information content (AvgIpc) is 2.65. The predicted molar refractivity (Wildman–Crippen MR) is 96.0 cm³/mol. The van der Waals surface area contributed by atoms with Gasteiger partial charge in [0.1, 0.15) is 5.69 Å². The topological polar surface area (TPSA) is 75.2 Å². The van der Waals surface area contributed by atoms with Crippen molar-refractivity contribution in [3.05, 3.63) is 36.2 Å². The molecule has 0 spiro atoms. The molecule has 6 nitrogen and oxygen atoms in total. The van der Waals surface area contributed by atoms with Crippen molar-refractivity contribution in [2.24, 2.45) is 11.8 Å². The van der Waals surface area contributed by atoms with Crippen LogP contribution in [0.25, 0.3) is 11.0 Å². The number of aromatic nitrogens is 2. The lowest BCUT2D eigenvalue weighted by Gasteiger charge is -2.32. The Balaban J connectivity index is 1.65. The lowest BCUT2D eigenvalue weighted by Crippen LogP contribution is -2.44. The minimum absolute atomic E-state index is 0.0193. The van der Waals surface area contributed by atoms with Gasteiger partial charge in [-0.1, -0.05) is 26.0 Å². The van der Waals surface area contributed by atoms with Crippen molar-refractivity contribution in [2.75, 3.05) is 19.6 Å². The molecule has 1 aromatic carbocycles. The molecule has 0 radical (unpaired) electrons. The van der Waals surface area contributed by atoms with E-state index in [9.17, 15) is 9.59 Å². The summed E-state index contributed by atoms with van der Waals surface area (Å²) in [5, 5.41) is 2.97. The van der Waals surface area contributed by atoms with Crippen molar-refractivity contribution in [3.63, 3.8) is 0 Å². The van der Waals surface area contributed by atoms with Gasteiger partial charge in [0.2, 0.25) is 5.91 Å². The maximum atomic E-state index is 12.8. The fourth-order valence-electron chi connectivity index (χ4n) is 3.09. The number of nitrogens with one attached hydrogen (secondary N) is 1. The summed E-state index contributed by atoms with van der Waals surface area (Å²) in [5.74, 6) is 0.241. The molecule has 0 aliphatic carbocycles. The van der Waals surface area contributed by atoms with Crippen molar-refractivity contribution in [1.29, 1.82) is 0 Å². The van der Waals surface area contributed by atoms with Crippen LogP contribution in [0.4, 0.5) is 0 Å². The second kappa shape index (κ2) is 7.59. The van der Waals surface area contributed by atoms with Crippen molar-refractivity contribution in [1.82, 2.24) is 20.2 Å². The van der Waals surface area contributed by atoms with Gasteiger partial charge < -0.3 is 10.2 Å². The molecule has 0 saturated carbocycles. The Hall–Kier alpha value is -2.50. The summed E-state index contributed by atoms with van der Waals surface area (Å²) < 4.78 is 0. The number of hydrogen-bond acceptors (Lipinski definition) is 4. The van der Waals surface area contributed by atoms with E-state index in [0.717, 1.165) is 30.4 Å². The molecule has 132 valence electrons. The van der Waals surface area contributed by atoms with Crippen LogP contribution < -0.4 is 5.32 Å². The summed E-state index contributed by atoms with van der Waals surface area (Å²) >= 11 is 0. The number of nitrogens with zero attached hydrogens (tertiary/aromatic N) is 3. The molecule has 1 N–H and O–H groups in total. The number of piperidine rings is 1. The standard InChI is InChI=1S/C19H24N4O2/c1-13(2)18(24)21-10-14-6-5-9-23(12-14)19(25)17-11-20-15-7-3-4-8-16(15)22-17/h3-4,7-8,11,13-14H,5-6,9-10,12H2,1-2H3,(H,21,24)/t14-/m0/s1. The lowest BCUT2D eigenvalue weighted by atomic mass is 9.97. The van der Waals surface area contributed by atoms with Crippen LogP contribution in [-0.4, -0.2) is 46.3 Å². The summed E-state index contributed by atoms with van der Waals surface area (Å²) in [4.78, 5) is 35.1. The molecule has 6 heteroatoms. The Morgan fingerprint density at radius 2 is 2.04 bits per heavy atom. The van der Waals surface area contributed by atoms with Gasteiger partial charge in [-0.15, -0.1) is 0 Å². The van der Waals surface area contributed by atoms with Crippen molar-refractivity contribution >= 4 is 22.8 Å². The minimum atomic E-state index is -0.0851. The Labute approximate surface area is 147 Å². The highest BCUT2D eigenvalue weighted by Crippen LogP contribution is 2.18. The van der Waals surface area contributed by atoms with Crippen LogP contribution in [-0.2, 0) is 4.79 Å². The van der Waals surface area contributed by atoms with E-state index in [0.29, 0.717) is 18.8 Å². The molecule has 1 fully saturated rings. The fraction of sp³-hybridized carbons (Fsp3) is 0.474. The van der Waals surface area contributed by atoms with Crippen molar-refractivity contribution in [3.8, 4) is 0 Å². The maximum absolute atomic E-state index is 12.8. The highest BCUT2D eigenvalue weighted by atomic mass is 16.2. The molecule has 0 bridgehead atoms. The molecule has 3 rings (SSSR count). The summed E-state index contributed by atoms with van der Waals surface area (Å²) in [6.07, 6.45) is 3.51. The molecule has 1 saturated heterocycles. The first-order valence-corrected chi connectivity index (χ1v) is 8.83. The van der Waals surface area contributed by atoms with Crippen LogP contribution in [0, 0.1) is 11.8 Å². The normalized spacial score (nSPS) is 17.7. The van der Waals surface area contributed by atoms with E-state index in [1.807, 2.05) is 43.0 Å². The third-order valence-corrected chi connectivity index (χ3v) is 4.56. The molecule has 2 heterocycles. The smallest absolute Gasteiger partial charge is 0.274 e. The summed E-state index contributed by atoms with van der Waals surface area (Å²) in [6.45, 7) is 5.74. The number of benzene rings is 1. The second-order valence-corrected chi connectivity index (χ2v) is 6.90. The number of rotatable bonds is 4. The third kappa shape index (κ3) is 4.13. The Bertz CT molecular complexity index is 775. The van der Waals surface area contributed by atoms with Crippen LogP contribution in [0.1, 0.15) is 37.2 Å². The SMILES string of the molecule is CC(C)C(=O)NC[C@@H]1CCCN(C(=O)c2cnc3ccccc3n2)C1. The van der Waals surface area contributed by atoms with Gasteiger partial charge in [-0.2, -0.15) is 0 Å². The van der Waals surface area contributed by atoms with Crippen molar-refractivity contribution in [2.45, 2.75) is 26.7 Å². The Kier molecular flexibility index (Phi) is 5.26. The number of carbonyl (C=O) groups is 2. The highest BCUT2D eigenvalue weighted by molar-refractivity contribution is 5.93. The number of likely N-dealkylation sites (tertiary alicyclic amines) is 1. The number of hydrogen-bond donors (Lipinski definition) is 1. The van der Waals surface area contributed by atoms with E-state index < -0.39 is 0 Å². The van der Waals surface area contributed by atoms with Gasteiger partial charge >= 0.3 is 0 Å². The molecule has 1 aliphatic rings. The van der Waals surface area contributed by atoms with E-state index >= 15 is 0 Å². The first-order chi connectivity index (χ1) is 12.0. The largest absolute Gasteiger partial charge is 0.356 e. The predicted octanol–water partition coefficient (Wildman–Crippen LogP) is 2.25. The van der Waals surface area contributed by atoms with Gasteiger partial charge in [-0.25, -0.2) is 4.98 Å². The summed E-state index contributed by atoms with van der Waals surface area (Å²) in [5.41, 5.74) is 1.89. The van der Waals surface area contributed by atoms with Gasteiger partial charge in [-0.05, 0) is 30.9 Å². The monoisotopic (exact) mass is 340 g/mol. The van der Waals surface area contributed by atoms with Gasteiger partial charge in [0, 0.05) is 25.6 Å². The van der Waals surface area contributed by atoms with Crippen LogP contribution in [0.2, 0.25) is 0 Å². The number of carbonyl (C=O) groups excluding carboxylic acids is 2. The number of fused-ring (bicyclic) bond motifs is 1. The van der Waals surface area contributed by atoms with E-state index in [4.69, 9.17) is 0 Å². The van der Waals surface area contributed by atoms with Crippen LogP contribution in [0.3, 0.4) is 0 Å². The second-order valence-electron chi connectivity index (χ2n) is 6.90. The molecule has 2 aromatic rings. The van der Waals surface area contributed by atoms with Crippen LogP contribution in [0.5, 0.6) is 0 Å². The van der Waals surface area contributed by atoms with Crippen molar-refractivity contribution < 1.29 is 9.59 Å². The van der Waals surface area contributed by atoms with E-state index in [1.54, 1.807) is 6.20 Å². The Morgan fingerprint density at radius 3 is 2.80 bits per heavy atom. The first kappa shape index (κ1) is 17.3. The zero-order valence-corrected chi connectivity index (χ0v) is 14.7. The number of amides is 2. The molecule has 2 amide bonds. The average molecular weight is 340 g/mol. The fourth-order valence-corrected chi connectivity index (χ4v) is 3.09. The zero-order chi connectivity index (χ0) is 17.8. The third-order valence-electron chi connectivity index (χ3n) is 4.56. The van der Waals surface area contributed by atoms with Crippen LogP contribution >= 0.6 is 0 Å². The molecule has 0 unspecified atom stereocenters. The van der Waals surface area contributed by atoms with Gasteiger partial charge in [0.05, 0.1) is 17.2 Å². The highest BCUT2D eigenvalue weighted by Gasteiger charge is 2.26.